The number of hydrogen-bond acceptors (Lipinski definition) is 8. The Morgan fingerprint density at radius 3 is 1.98 bits per heavy atom. The molecule has 0 spiro atoms. The normalized spacial score (nSPS) is 23.0. The fourth-order valence-corrected chi connectivity index (χ4v) is 7.42. The number of carbonyl (C=O) groups is 2. The molecule has 1 fully saturated rings. The van der Waals surface area contributed by atoms with E-state index in [1.54, 1.807) is 28.4 Å². The average molecular weight is 615 g/mol. The maximum absolute atomic E-state index is 13.6. The summed E-state index contributed by atoms with van der Waals surface area (Å²) >= 11 is 0. The number of aliphatic carboxylic acids is 1. The Balaban J connectivity index is 0.00000442. The molecule has 1 saturated heterocycles. The zero-order valence-electron chi connectivity index (χ0n) is 27.1. The Kier molecular flexibility index (Phi) is 11.3. The SMILES string of the molecule is CC[C@H]1CN2CCc3cc(OC)c(OC)cc3[C@@H]2C[C@@H]1C[C@@H]1c2cc(OC)c(OC)cc2CCN1C(=O)/C=C(/C)C(=O)[O-].[Na+]. The molecule has 0 aliphatic carbocycles. The number of rotatable bonds is 9. The van der Waals surface area contributed by atoms with Crippen molar-refractivity contribution >= 4 is 11.9 Å². The predicted molar refractivity (Wildman–Crippen MR) is 161 cm³/mol. The Morgan fingerprint density at radius 1 is 0.864 bits per heavy atom. The van der Waals surface area contributed by atoms with Gasteiger partial charge in [-0.05, 0) is 96.5 Å². The Labute approximate surface area is 282 Å². The first kappa shape index (κ1) is 34.2. The molecular weight excluding hydrogens is 571 g/mol. The number of fused-ring (bicyclic) bond motifs is 4. The van der Waals surface area contributed by atoms with Crippen molar-refractivity contribution < 1.29 is 63.2 Å². The van der Waals surface area contributed by atoms with Gasteiger partial charge in [-0.15, -0.1) is 0 Å². The molecular formula is C34H43N2NaO7. The molecule has 0 unspecified atom stereocenters. The number of nitrogens with zero attached hydrogens (tertiary/aromatic N) is 2. The van der Waals surface area contributed by atoms with E-state index in [4.69, 9.17) is 18.9 Å². The second-order valence-corrected chi connectivity index (χ2v) is 11.9. The van der Waals surface area contributed by atoms with Gasteiger partial charge in [-0.2, -0.15) is 0 Å². The number of hydrogen-bond donors (Lipinski definition) is 0. The molecule has 1 amide bonds. The van der Waals surface area contributed by atoms with Crippen molar-refractivity contribution in [3.63, 3.8) is 0 Å². The molecule has 2 aromatic carbocycles. The van der Waals surface area contributed by atoms with Crippen molar-refractivity contribution in [2.24, 2.45) is 11.8 Å². The molecule has 10 heteroatoms. The van der Waals surface area contributed by atoms with Crippen LogP contribution in [0.25, 0.3) is 0 Å². The molecule has 0 N–H and O–H groups in total. The summed E-state index contributed by atoms with van der Waals surface area (Å²) in [5.74, 6) is 1.92. The topological polar surface area (TPSA) is 101 Å². The Hall–Kier alpha value is -2.72. The maximum atomic E-state index is 13.6. The van der Waals surface area contributed by atoms with Crippen LogP contribution >= 0.6 is 0 Å². The summed E-state index contributed by atoms with van der Waals surface area (Å²) in [5.41, 5.74) is 4.67. The molecule has 4 atom stereocenters. The minimum absolute atomic E-state index is 0. The third-order valence-corrected chi connectivity index (χ3v) is 9.77. The van der Waals surface area contributed by atoms with Gasteiger partial charge in [-0.25, -0.2) is 0 Å². The first-order valence-corrected chi connectivity index (χ1v) is 15.2. The first-order valence-electron chi connectivity index (χ1n) is 15.2. The summed E-state index contributed by atoms with van der Waals surface area (Å²) < 4.78 is 22.5. The molecule has 3 heterocycles. The third kappa shape index (κ3) is 6.62. The fourth-order valence-electron chi connectivity index (χ4n) is 7.42. The molecule has 3 aliphatic heterocycles. The molecule has 232 valence electrons. The zero-order valence-corrected chi connectivity index (χ0v) is 29.1. The number of benzene rings is 2. The van der Waals surface area contributed by atoms with Gasteiger partial charge in [0.1, 0.15) is 0 Å². The molecule has 2 aromatic rings. The van der Waals surface area contributed by atoms with Crippen LogP contribution < -0.4 is 53.6 Å². The summed E-state index contributed by atoms with van der Waals surface area (Å²) in [6, 6.07) is 8.29. The quantitative estimate of drug-likeness (QED) is 0.303. The largest absolute Gasteiger partial charge is 1.00 e. The van der Waals surface area contributed by atoms with Crippen molar-refractivity contribution in [1.29, 1.82) is 0 Å². The number of piperidine rings is 1. The molecule has 0 aromatic heterocycles. The van der Waals surface area contributed by atoms with Gasteiger partial charge in [0, 0.05) is 31.8 Å². The first-order chi connectivity index (χ1) is 20.7. The van der Waals surface area contributed by atoms with E-state index in [-0.39, 0.29) is 53.1 Å². The molecule has 0 radical (unpaired) electrons. The van der Waals surface area contributed by atoms with E-state index >= 15 is 0 Å². The minimum Gasteiger partial charge on any atom is -0.545 e. The molecule has 5 rings (SSSR count). The number of methoxy groups -OCH3 is 4. The van der Waals surface area contributed by atoms with Gasteiger partial charge < -0.3 is 33.7 Å². The summed E-state index contributed by atoms with van der Waals surface area (Å²) in [6.07, 6.45) is 5.57. The van der Waals surface area contributed by atoms with Crippen LogP contribution in [0.15, 0.2) is 35.9 Å². The summed E-state index contributed by atoms with van der Waals surface area (Å²) in [6.45, 7) is 6.13. The number of carboxylic acids is 1. The fraction of sp³-hybridized carbons (Fsp3) is 0.529. The van der Waals surface area contributed by atoms with Gasteiger partial charge in [0.05, 0.1) is 40.5 Å². The maximum Gasteiger partial charge on any atom is 1.00 e. The number of carboxylic acid groups (broad SMARTS) is 1. The standard InChI is InChI=1S/C34H44N2O7.Na/c1-7-21-19-35-10-8-22-15-29(40-3)31(42-5)17-25(22)27(35)13-24(21)14-28-26-18-32(43-6)30(41-4)16-23(26)9-11-36(28)33(37)12-20(2)34(38)39;/h12,15-18,21,24,27-28H,7-11,13-14,19H2,1-6H3,(H,38,39);/q;+1/p-1/b20-12-;/t21-,24+,27-,28+;/m0./s1. The van der Waals surface area contributed by atoms with E-state index in [1.165, 1.54) is 24.1 Å². The summed E-state index contributed by atoms with van der Waals surface area (Å²) in [4.78, 5) is 29.5. The van der Waals surface area contributed by atoms with Crippen molar-refractivity contribution in [2.45, 2.75) is 58.0 Å². The monoisotopic (exact) mass is 614 g/mol. The Bertz CT molecular complexity index is 1410. The van der Waals surface area contributed by atoms with Crippen molar-refractivity contribution in [1.82, 2.24) is 9.80 Å². The second kappa shape index (κ2) is 14.6. The van der Waals surface area contributed by atoms with Crippen LogP contribution in [0.1, 0.15) is 67.4 Å². The Morgan fingerprint density at radius 2 is 1.41 bits per heavy atom. The smallest absolute Gasteiger partial charge is 0.545 e. The van der Waals surface area contributed by atoms with Crippen molar-refractivity contribution in [3.8, 4) is 23.0 Å². The van der Waals surface area contributed by atoms with E-state index in [0.717, 1.165) is 61.4 Å². The van der Waals surface area contributed by atoms with Crippen LogP contribution in [0.4, 0.5) is 0 Å². The van der Waals surface area contributed by atoms with Gasteiger partial charge in [0.25, 0.3) is 0 Å². The van der Waals surface area contributed by atoms with Crippen LogP contribution in [0.3, 0.4) is 0 Å². The zero-order chi connectivity index (χ0) is 30.8. The van der Waals surface area contributed by atoms with E-state index in [1.807, 2.05) is 17.0 Å². The molecule has 44 heavy (non-hydrogen) atoms. The molecule has 3 aliphatic rings. The second-order valence-electron chi connectivity index (χ2n) is 11.9. The van der Waals surface area contributed by atoms with E-state index in [0.29, 0.717) is 36.3 Å². The van der Waals surface area contributed by atoms with Gasteiger partial charge in [-0.1, -0.05) is 13.3 Å². The molecule has 0 saturated carbocycles. The van der Waals surface area contributed by atoms with Crippen LogP contribution in [0.5, 0.6) is 23.0 Å². The average Bonchev–Trinajstić information content (AvgIpc) is 3.02. The van der Waals surface area contributed by atoms with Crippen LogP contribution in [-0.2, 0) is 22.4 Å². The van der Waals surface area contributed by atoms with Gasteiger partial charge in [-0.3, -0.25) is 9.69 Å². The van der Waals surface area contributed by atoms with Crippen LogP contribution in [0, 0.1) is 11.8 Å². The van der Waals surface area contributed by atoms with Crippen LogP contribution in [0.2, 0.25) is 0 Å². The van der Waals surface area contributed by atoms with E-state index < -0.39 is 5.97 Å². The van der Waals surface area contributed by atoms with E-state index in [2.05, 4.69) is 24.0 Å². The minimum atomic E-state index is -1.34. The van der Waals surface area contributed by atoms with Gasteiger partial charge in [0.2, 0.25) is 5.91 Å². The number of amides is 1. The van der Waals surface area contributed by atoms with Gasteiger partial charge >= 0.3 is 29.6 Å². The van der Waals surface area contributed by atoms with Crippen molar-refractivity contribution in [3.05, 3.63) is 58.2 Å². The van der Waals surface area contributed by atoms with Crippen molar-refractivity contribution in [2.75, 3.05) is 48.1 Å². The third-order valence-electron chi connectivity index (χ3n) is 9.77. The summed E-state index contributed by atoms with van der Waals surface area (Å²) in [5, 5.41) is 11.5. The summed E-state index contributed by atoms with van der Waals surface area (Å²) in [7, 11) is 6.59. The molecule has 9 nitrogen and oxygen atoms in total. The van der Waals surface area contributed by atoms with Gasteiger partial charge in [0.15, 0.2) is 23.0 Å². The van der Waals surface area contributed by atoms with Crippen LogP contribution in [-0.4, -0.2) is 69.7 Å². The number of ether oxygens (including phenoxy) is 4. The molecule has 0 bridgehead atoms. The predicted octanol–water partition coefficient (Wildman–Crippen LogP) is 0.883. The number of carbonyl (C=O) groups excluding carboxylic acids is 2. The van der Waals surface area contributed by atoms with E-state index in [9.17, 15) is 14.7 Å².